The topological polar surface area (TPSA) is 62.2 Å². The summed E-state index contributed by atoms with van der Waals surface area (Å²) in [5, 5.41) is 13.6. The monoisotopic (exact) mass is 252 g/mol. The average molecular weight is 252 g/mol. The molecule has 0 aliphatic rings. The first-order chi connectivity index (χ1) is 8.15. The van der Waals surface area contributed by atoms with Crippen LogP contribution in [0.2, 0.25) is 0 Å². The number of rotatable bonds is 4. The van der Waals surface area contributed by atoms with Crippen LogP contribution in [0.25, 0.3) is 0 Å². The second kappa shape index (κ2) is 4.92. The molecule has 0 radical (unpaired) electrons. The molecule has 1 heterocycles. The highest BCUT2D eigenvalue weighted by Crippen LogP contribution is 2.16. The van der Waals surface area contributed by atoms with Crippen LogP contribution in [0, 0.1) is 5.82 Å². The van der Waals surface area contributed by atoms with Gasteiger partial charge in [-0.05, 0) is 17.7 Å². The van der Waals surface area contributed by atoms with E-state index in [0.717, 1.165) is 5.56 Å². The van der Waals surface area contributed by atoms with Gasteiger partial charge in [0.2, 0.25) is 0 Å². The zero-order valence-electron chi connectivity index (χ0n) is 8.68. The number of anilines is 1. The van der Waals surface area contributed by atoms with E-state index in [2.05, 4.69) is 10.3 Å². The maximum absolute atomic E-state index is 12.9. The summed E-state index contributed by atoms with van der Waals surface area (Å²) in [5.74, 6) is -1.35. The van der Waals surface area contributed by atoms with Crippen molar-refractivity contribution in [1.29, 1.82) is 0 Å². The third-order valence-electron chi connectivity index (χ3n) is 2.06. The van der Waals surface area contributed by atoms with Crippen molar-refractivity contribution in [2.75, 3.05) is 5.32 Å². The Labute approximate surface area is 101 Å². The van der Waals surface area contributed by atoms with E-state index in [9.17, 15) is 9.18 Å². The van der Waals surface area contributed by atoms with E-state index in [1.165, 1.54) is 28.8 Å². The lowest BCUT2D eigenvalue weighted by Crippen LogP contribution is -2.01. The Hall–Kier alpha value is -1.95. The molecular weight excluding hydrogens is 243 g/mol. The fraction of sp³-hybridized carbons (Fsp3) is 0.0909. The minimum absolute atomic E-state index is 0.0109. The van der Waals surface area contributed by atoms with Crippen LogP contribution >= 0.6 is 11.3 Å². The number of benzene rings is 1. The average Bonchev–Trinajstić information content (AvgIpc) is 2.75. The summed E-state index contributed by atoms with van der Waals surface area (Å²) >= 11 is 1.20. The Kier molecular flexibility index (Phi) is 3.34. The van der Waals surface area contributed by atoms with E-state index in [1.807, 2.05) is 0 Å². The molecular formula is C11H9FN2O2S. The summed E-state index contributed by atoms with van der Waals surface area (Å²) in [4.78, 5) is 14.5. The molecule has 2 rings (SSSR count). The van der Waals surface area contributed by atoms with Gasteiger partial charge in [-0.1, -0.05) is 12.1 Å². The van der Waals surface area contributed by atoms with Crippen molar-refractivity contribution in [3.8, 4) is 0 Å². The van der Waals surface area contributed by atoms with E-state index < -0.39 is 5.97 Å². The standard InChI is InChI=1S/C11H9FN2O2S/c12-8-3-1-2-7(4-8)5-13-11-14-9(6-17-11)10(15)16/h1-4,6H,5H2,(H,13,14)(H,15,16). The molecule has 0 spiro atoms. The number of carbonyl (C=O) groups is 1. The summed E-state index contributed by atoms with van der Waals surface area (Å²) in [5.41, 5.74) is 0.786. The van der Waals surface area contributed by atoms with Crippen LogP contribution in [0.15, 0.2) is 29.6 Å². The van der Waals surface area contributed by atoms with Gasteiger partial charge in [0.15, 0.2) is 10.8 Å². The van der Waals surface area contributed by atoms with Gasteiger partial charge in [0.1, 0.15) is 5.82 Å². The molecule has 0 saturated carbocycles. The predicted molar refractivity (Wildman–Crippen MR) is 62.8 cm³/mol. The highest BCUT2D eigenvalue weighted by Gasteiger charge is 2.07. The fourth-order valence-electron chi connectivity index (χ4n) is 1.28. The Morgan fingerprint density at radius 2 is 2.35 bits per heavy atom. The quantitative estimate of drug-likeness (QED) is 0.878. The van der Waals surface area contributed by atoms with Gasteiger partial charge in [-0.15, -0.1) is 11.3 Å². The highest BCUT2D eigenvalue weighted by atomic mass is 32.1. The number of carboxylic acid groups (broad SMARTS) is 1. The van der Waals surface area contributed by atoms with Gasteiger partial charge in [0, 0.05) is 11.9 Å². The van der Waals surface area contributed by atoms with E-state index in [1.54, 1.807) is 12.1 Å². The Morgan fingerprint density at radius 1 is 1.53 bits per heavy atom. The third-order valence-corrected chi connectivity index (χ3v) is 2.86. The number of nitrogens with zero attached hydrogens (tertiary/aromatic N) is 1. The number of carboxylic acids is 1. The molecule has 88 valence electrons. The fourth-order valence-corrected chi connectivity index (χ4v) is 1.96. The van der Waals surface area contributed by atoms with Crippen molar-refractivity contribution >= 4 is 22.4 Å². The maximum Gasteiger partial charge on any atom is 0.355 e. The van der Waals surface area contributed by atoms with Crippen LogP contribution in [-0.4, -0.2) is 16.1 Å². The van der Waals surface area contributed by atoms with Crippen molar-refractivity contribution in [1.82, 2.24) is 4.98 Å². The molecule has 4 nitrogen and oxygen atoms in total. The van der Waals surface area contributed by atoms with Crippen molar-refractivity contribution < 1.29 is 14.3 Å². The van der Waals surface area contributed by atoms with Gasteiger partial charge in [-0.3, -0.25) is 0 Å². The summed E-state index contributed by atoms with van der Waals surface area (Å²) in [6.45, 7) is 0.407. The van der Waals surface area contributed by atoms with Crippen molar-refractivity contribution in [3.63, 3.8) is 0 Å². The van der Waals surface area contributed by atoms with Gasteiger partial charge in [-0.2, -0.15) is 0 Å². The minimum atomic E-state index is -1.06. The molecule has 1 aromatic heterocycles. The molecule has 0 bridgehead atoms. The van der Waals surface area contributed by atoms with Crippen LogP contribution in [0.3, 0.4) is 0 Å². The number of thiazole rings is 1. The lowest BCUT2D eigenvalue weighted by Gasteiger charge is -2.02. The summed E-state index contributed by atoms with van der Waals surface area (Å²) in [6.07, 6.45) is 0. The summed E-state index contributed by atoms with van der Waals surface area (Å²) in [7, 11) is 0. The van der Waals surface area contributed by atoms with E-state index >= 15 is 0 Å². The van der Waals surface area contributed by atoms with Crippen LogP contribution in [0.4, 0.5) is 9.52 Å². The summed E-state index contributed by atoms with van der Waals surface area (Å²) in [6, 6.07) is 6.19. The first kappa shape index (κ1) is 11.5. The van der Waals surface area contributed by atoms with Crippen LogP contribution in [0.5, 0.6) is 0 Å². The molecule has 1 aromatic carbocycles. The number of aromatic carboxylic acids is 1. The Balaban J connectivity index is 2.00. The van der Waals surface area contributed by atoms with E-state index in [0.29, 0.717) is 11.7 Å². The largest absolute Gasteiger partial charge is 0.476 e. The number of halogens is 1. The molecule has 0 aliphatic carbocycles. The minimum Gasteiger partial charge on any atom is -0.476 e. The first-order valence-electron chi connectivity index (χ1n) is 4.82. The lowest BCUT2D eigenvalue weighted by atomic mass is 10.2. The number of hydrogen-bond acceptors (Lipinski definition) is 4. The number of nitrogens with one attached hydrogen (secondary N) is 1. The smallest absolute Gasteiger partial charge is 0.355 e. The molecule has 2 N–H and O–H groups in total. The Morgan fingerprint density at radius 3 is 3.00 bits per heavy atom. The van der Waals surface area contributed by atoms with Crippen LogP contribution in [-0.2, 0) is 6.54 Å². The molecule has 2 aromatic rings. The highest BCUT2D eigenvalue weighted by molar-refractivity contribution is 7.13. The predicted octanol–water partition coefficient (Wildman–Crippen LogP) is 2.59. The molecule has 0 atom stereocenters. The number of hydrogen-bond donors (Lipinski definition) is 2. The molecule has 17 heavy (non-hydrogen) atoms. The van der Waals surface area contributed by atoms with Crippen molar-refractivity contribution in [2.24, 2.45) is 0 Å². The van der Waals surface area contributed by atoms with E-state index in [4.69, 9.17) is 5.11 Å². The Bertz CT molecular complexity index is 542. The van der Waals surface area contributed by atoms with Gasteiger partial charge in [0.05, 0.1) is 0 Å². The third kappa shape index (κ3) is 3.01. The zero-order valence-corrected chi connectivity index (χ0v) is 9.50. The maximum atomic E-state index is 12.9. The van der Waals surface area contributed by atoms with Crippen LogP contribution < -0.4 is 5.32 Å². The molecule has 0 amide bonds. The summed E-state index contributed by atoms with van der Waals surface area (Å²) < 4.78 is 12.9. The van der Waals surface area contributed by atoms with Crippen molar-refractivity contribution in [2.45, 2.75) is 6.54 Å². The second-order valence-electron chi connectivity index (χ2n) is 3.33. The molecule has 0 saturated heterocycles. The van der Waals surface area contributed by atoms with Gasteiger partial charge in [0.25, 0.3) is 0 Å². The van der Waals surface area contributed by atoms with E-state index in [-0.39, 0.29) is 11.5 Å². The first-order valence-corrected chi connectivity index (χ1v) is 5.70. The normalized spacial score (nSPS) is 10.2. The second-order valence-corrected chi connectivity index (χ2v) is 4.18. The molecule has 0 fully saturated rings. The molecule has 0 unspecified atom stereocenters. The van der Waals surface area contributed by atoms with Gasteiger partial charge in [-0.25, -0.2) is 14.2 Å². The molecule has 0 aliphatic heterocycles. The lowest BCUT2D eigenvalue weighted by molar-refractivity contribution is 0.0691. The molecule has 6 heteroatoms. The SMILES string of the molecule is O=C(O)c1csc(NCc2cccc(F)c2)n1. The number of aromatic nitrogens is 1. The van der Waals surface area contributed by atoms with Crippen molar-refractivity contribution in [3.05, 3.63) is 46.7 Å². The zero-order chi connectivity index (χ0) is 12.3. The van der Waals surface area contributed by atoms with Gasteiger partial charge < -0.3 is 10.4 Å². The van der Waals surface area contributed by atoms with Crippen LogP contribution in [0.1, 0.15) is 16.1 Å². The van der Waals surface area contributed by atoms with Gasteiger partial charge >= 0.3 is 5.97 Å².